The van der Waals surface area contributed by atoms with Gasteiger partial charge in [0.2, 0.25) is 9.84 Å². The average Bonchev–Trinajstić information content (AvgIpc) is 3.20. The van der Waals surface area contributed by atoms with Crippen LogP contribution in [-0.2, 0) is 9.84 Å². The third-order valence-corrected chi connectivity index (χ3v) is 7.38. The van der Waals surface area contributed by atoms with Gasteiger partial charge in [-0.15, -0.1) is 0 Å². The monoisotopic (exact) mass is 489 g/mol. The Bertz CT molecular complexity index is 1610. The van der Waals surface area contributed by atoms with Crippen LogP contribution in [0.3, 0.4) is 0 Å². The molecule has 9 heteroatoms. The molecule has 7 nitrogen and oxygen atoms in total. The SMILES string of the molecule is Cc1ccc(S(=O)(=O)c2ccc(-n3nc(C)cc3Nc3nc4ccccc4nc3Cl)cc2)cc1. The number of hydrogen-bond acceptors (Lipinski definition) is 6. The minimum atomic E-state index is -3.62. The molecule has 0 saturated heterocycles. The van der Waals surface area contributed by atoms with Gasteiger partial charge in [-0.3, -0.25) is 0 Å². The van der Waals surface area contributed by atoms with Gasteiger partial charge in [0, 0.05) is 6.07 Å². The number of anilines is 2. The lowest BCUT2D eigenvalue weighted by molar-refractivity contribution is 0.596. The van der Waals surface area contributed by atoms with Gasteiger partial charge in [-0.2, -0.15) is 5.10 Å². The number of aryl methyl sites for hydroxylation is 2. The van der Waals surface area contributed by atoms with Crippen LogP contribution in [0.5, 0.6) is 0 Å². The van der Waals surface area contributed by atoms with Gasteiger partial charge in [0.25, 0.3) is 0 Å². The minimum absolute atomic E-state index is 0.210. The summed E-state index contributed by atoms with van der Waals surface area (Å²) in [6.07, 6.45) is 0. The summed E-state index contributed by atoms with van der Waals surface area (Å²) in [5.74, 6) is 1.03. The van der Waals surface area contributed by atoms with Gasteiger partial charge < -0.3 is 5.32 Å². The number of nitrogens with one attached hydrogen (secondary N) is 1. The number of para-hydroxylation sites is 2. The molecule has 0 amide bonds. The normalized spacial score (nSPS) is 11.6. The molecule has 2 aromatic heterocycles. The van der Waals surface area contributed by atoms with Gasteiger partial charge in [-0.05, 0) is 62.4 Å². The second-order valence-corrected chi connectivity index (χ2v) is 10.2. The van der Waals surface area contributed by atoms with Gasteiger partial charge in [0.1, 0.15) is 5.82 Å². The summed E-state index contributed by atoms with van der Waals surface area (Å²) in [6, 6.07) is 22.7. The first kappa shape index (κ1) is 22.1. The fourth-order valence-electron chi connectivity index (χ4n) is 3.58. The second-order valence-electron chi connectivity index (χ2n) is 7.87. The van der Waals surface area contributed by atoms with Crippen LogP contribution in [0, 0.1) is 13.8 Å². The Morgan fingerprint density at radius 1 is 0.824 bits per heavy atom. The topological polar surface area (TPSA) is 89.8 Å². The number of fused-ring (bicyclic) bond motifs is 1. The number of sulfone groups is 1. The van der Waals surface area contributed by atoms with E-state index >= 15 is 0 Å². The molecule has 5 aromatic rings. The highest BCUT2D eigenvalue weighted by Gasteiger charge is 2.18. The third-order valence-electron chi connectivity index (χ3n) is 5.33. The average molecular weight is 490 g/mol. The van der Waals surface area contributed by atoms with E-state index in [-0.39, 0.29) is 14.9 Å². The lowest BCUT2D eigenvalue weighted by Crippen LogP contribution is -2.06. The van der Waals surface area contributed by atoms with E-state index in [0.29, 0.717) is 28.4 Å². The smallest absolute Gasteiger partial charge is 0.206 e. The predicted octanol–water partition coefficient (Wildman–Crippen LogP) is 5.66. The summed E-state index contributed by atoms with van der Waals surface area (Å²) in [7, 11) is -3.62. The van der Waals surface area contributed by atoms with E-state index in [1.165, 1.54) is 0 Å². The highest BCUT2D eigenvalue weighted by Crippen LogP contribution is 2.28. The van der Waals surface area contributed by atoms with Gasteiger partial charge >= 0.3 is 0 Å². The Balaban J connectivity index is 1.48. The molecule has 0 fully saturated rings. The van der Waals surface area contributed by atoms with Crippen LogP contribution in [0.4, 0.5) is 11.6 Å². The Morgan fingerprint density at radius 3 is 2.06 bits per heavy atom. The first-order chi connectivity index (χ1) is 16.3. The van der Waals surface area contributed by atoms with E-state index in [4.69, 9.17) is 11.6 Å². The van der Waals surface area contributed by atoms with Crippen molar-refractivity contribution in [1.82, 2.24) is 19.7 Å². The second kappa shape index (κ2) is 8.55. The molecule has 1 N–H and O–H groups in total. The number of hydrogen-bond donors (Lipinski definition) is 1. The lowest BCUT2D eigenvalue weighted by atomic mass is 10.2. The van der Waals surface area contributed by atoms with Gasteiger partial charge in [-0.1, -0.05) is 41.4 Å². The lowest BCUT2D eigenvalue weighted by Gasteiger charge is -2.12. The van der Waals surface area contributed by atoms with Crippen LogP contribution in [0.1, 0.15) is 11.3 Å². The maximum Gasteiger partial charge on any atom is 0.206 e. The van der Waals surface area contributed by atoms with Gasteiger partial charge in [-0.25, -0.2) is 23.1 Å². The summed E-state index contributed by atoms with van der Waals surface area (Å²) in [4.78, 5) is 9.44. The molecular formula is C25H20ClN5O2S. The number of rotatable bonds is 5. The van der Waals surface area contributed by atoms with Crippen molar-refractivity contribution in [2.45, 2.75) is 23.6 Å². The molecule has 0 spiro atoms. The largest absolute Gasteiger partial charge is 0.322 e. The van der Waals surface area contributed by atoms with Crippen LogP contribution in [0.25, 0.3) is 16.7 Å². The summed E-state index contributed by atoms with van der Waals surface area (Å²) >= 11 is 6.36. The van der Waals surface area contributed by atoms with E-state index in [1.807, 2.05) is 44.2 Å². The maximum absolute atomic E-state index is 13.0. The van der Waals surface area contributed by atoms with E-state index in [0.717, 1.165) is 11.3 Å². The Labute approximate surface area is 202 Å². The van der Waals surface area contributed by atoms with Crippen LogP contribution < -0.4 is 5.32 Å². The molecule has 3 aromatic carbocycles. The molecule has 0 saturated carbocycles. The first-order valence-electron chi connectivity index (χ1n) is 10.5. The number of halogens is 1. The Hall–Kier alpha value is -3.75. The molecule has 34 heavy (non-hydrogen) atoms. The predicted molar refractivity (Wildman–Crippen MR) is 133 cm³/mol. The quantitative estimate of drug-likeness (QED) is 0.342. The molecule has 0 aliphatic rings. The molecule has 0 bridgehead atoms. The summed E-state index contributed by atoms with van der Waals surface area (Å²) in [5, 5.41) is 7.99. The molecule has 5 rings (SSSR count). The fraction of sp³-hybridized carbons (Fsp3) is 0.0800. The zero-order valence-electron chi connectivity index (χ0n) is 18.4. The van der Waals surface area contributed by atoms with Crippen molar-refractivity contribution in [3.05, 3.63) is 95.3 Å². The highest BCUT2D eigenvalue weighted by atomic mass is 35.5. The van der Waals surface area contributed by atoms with E-state index in [1.54, 1.807) is 53.2 Å². The molecule has 0 aliphatic carbocycles. The number of benzene rings is 3. The van der Waals surface area contributed by atoms with Gasteiger partial charge in [0.15, 0.2) is 11.0 Å². The zero-order chi connectivity index (χ0) is 23.9. The van der Waals surface area contributed by atoms with Crippen molar-refractivity contribution in [1.29, 1.82) is 0 Å². The van der Waals surface area contributed by atoms with E-state index in [2.05, 4.69) is 20.4 Å². The highest BCUT2D eigenvalue weighted by molar-refractivity contribution is 7.91. The number of nitrogens with zero attached hydrogens (tertiary/aromatic N) is 4. The van der Waals surface area contributed by atoms with Crippen molar-refractivity contribution in [3.63, 3.8) is 0 Å². The van der Waals surface area contributed by atoms with Crippen molar-refractivity contribution in [2.24, 2.45) is 0 Å². The van der Waals surface area contributed by atoms with Crippen LogP contribution in [-0.4, -0.2) is 28.2 Å². The third kappa shape index (κ3) is 4.13. The fourth-order valence-corrected chi connectivity index (χ4v) is 5.03. The van der Waals surface area contributed by atoms with Crippen LogP contribution in [0.2, 0.25) is 5.15 Å². The Morgan fingerprint density at radius 2 is 1.41 bits per heavy atom. The van der Waals surface area contributed by atoms with Crippen molar-refractivity contribution in [3.8, 4) is 5.69 Å². The maximum atomic E-state index is 13.0. The van der Waals surface area contributed by atoms with Crippen molar-refractivity contribution >= 4 is 44.1 Å². The minimum Gasteiger partial charge on any atom is -0.322 e. The molecular weight excluding hydrogens is 470 g/mol. The van der Waals surface area contributed by atoms with E-state index < -0.39 is 9.84 Å². The first-order valence-corrected chi connectivity index (χ1v) is 12.4. The molecule has 0 atom stereocenters. The summed E-state index contributed by atoms with van der Waals surface area (Å²) < 4.78 is 27.6. The molecule has 2 heterocycles. The Kier molecular flexibility index (Phi) is 5.55. The summed E-state index contributed by atoms with van der Waals surface area (Å²) in [5.41, 5.74) is 3.86. The number of aromatic nitrogens is 4. The molecule has 0 radical (unpaired) electrons. The summed E-state index contributed by atoms with van der Waals surface area (Å²) in [6.45, 7) is 3.78. The molecule has 0 unspecified atom stereocenters. The van der Waals surface area contributed by atoms with Crippen molar-refractivity contribution < 1.29 is 8.42 Å². The van der Waals surface area contributed by atoms with Crippen molar-refractivity contribution in [2.75, 3.05) is 5.32 Å². The van der Waals surface area contributed by atoms with Crippen LogP contribution >= 0.6 is 11.6 Å². The van der Waals surface area contributed by atoms with Gasteiger partial charge in [0.05, 0.1) is 32.2 Å². The standard InChI is InChI=1S/C25H20ClN5O2S/c1-16-7-11-19(12-8-16)34(32,33)20-13-9-18(10-14-20)31-23(15-17(2)30-31)29-25-24(26)27-21-5-3-4-6-22(21)28-25/h3-15H,1-2H3,(H,28,29). The molecule has 170 valence electrons. The molecule has 0 aliphatic heterocycles. The van der Waals surface area contributed by atoms with E-state index in [9.17, 15) is 8.42 Å². The zero-order valence-corrected chi connectivity index (χ0v) is 20.0. The van der Waals surface area contributed by atoms with Crippen LogP contribution in [0.15, 0.2) is 88.7 Å².